The standard InChI is InChI=1S/C13H14F3N3O/c1-12(2,20)7-19-11(17-8-18-19)9-3-5-10(6-4-9)13(14,15)16/h3-6,8,20H,7H2,1-2H3. The Kier molecular flexibility index (Phi) is 3.56. The summed E-state index contributed by atoms with van der Waals surface area (Å²) in [6.45, 7) is 3.43. The van der Waals surface area contributed by atoms with E-state index in [-0.39, 0.29) is 6.54 Å². The second-order valence-corrected chi connectivity index (χ2v) is 5.13. The molecule has 2 rings (SSSR count). The molecule has 4 nitrogen and oxygen atoms in total. The molecule has 1 aromatic heterocycles. The molecule has 0 spiro atoms. The summed E-state index contributed by atoms with van der Waals surface area (Å²) in [6.07, 6.45) is -3.06. The minimum atomic E-state index is -4.36. The highest BCUT2D eigenvalue weighted by molar-refractivity contribution is 5.55. The van der Waals surface area contributed by atoms with Gasteiger partial charge < -0.3 is 5.11 Å². The van der Waals surface area contributed by atoms with Crippen LogP contribution >= 0.6 is 0 Å². The van der Waals surface area contributed by atoms with E-state index in [0.717, 1.165) is 12.1 Å². The SMILES string of the molecule is CC(C)(O)Cn1ncnc1-c1ccc(C(F)(F)F)cc1. The van der Waals surface area contributed by atoms with Crippen molar-refractivity contribution in [3.63, 3.8) is 0 Å². The van der Waals surface area contributed by atoms with E-state index in [4.69, 9.17) is 0 Å². The van der Waals surface area contributed by atoms with Gasteiger partial charge in [-0.3, -0.25) is 0 Å². The van der Waals surface area contributed by atoms with Gasteiger partial charge in [-0.2, -0.15) is 18.3 Å². The average molecular weight is 285 g/mol. The lowest BCUT2D eigenvalue weighted by molar-refractivity contribution is -0.137. The first-order valence-electron chi connectivity index (χ1n) is 5.95. The summed E-state index contributed by atoms with van der Waals surface area (Å²) in [5.74, 6) is 0.417. The quantitative estimate of drug-likeness (QED) is 0.943. The maximum absolute atomic E-state index is 12.5. The molecule has 7 heteroatoms. The van der Waals surface area contributed by atoms with Crippen molar-refractivity contribution in [3.8, 4) is 11.4 Å². The maximum atomic E-state index is 12.5. The Hall–Kier alpha value is -1.89. The van der Waals surface area contributed by atoms with Gasteiger partial charge in [0, 0.05) is 5.56 Å². The first-order valence-corrected chi connectivity index (χ1v) is 5.95. The van der Waals surface area contributed by atoms with Crippen LogP contribution in [0.5, 0.6) is 0 Å². The molecule has 1 N–H and O–H groups in total. The van der Waals surface area contributed by atoms with Crippen LogP contribution in [-0.4, -0.2) is 25.5 Å². The lowest BCUT2D eigenvalue weighted by Crippen LogP contribution is -2.27. The second kappa shape index (κ2) is 4.90. The minimum absolute atomic E-state index is 0.198. The molecule has 0 bridgehead atoms. The number of aliphatic hydroxyl groups is 1. The zero-order valence-electron chi connectivity index (χ0n) is 11.0. The van der Waals surface area contributed by atoms with Crippen LogP contribution in [-0.2, 0) is 12.7 Å². The third-order valence-corrected chi connectivity index (χ3v) is 2.62. The van der Waals surface area contributed by atoms with Crippen LogP contribution in [0, 0.1) is 0 Å². The zero-order valence-corrected chi connectivity index (χ0v) is 11.0. The van der Waals surface area contributed by atoms with E-state index in [0.29, 0.717) is 11.4 Å². The molecule has 1 aromatic carbocycles. The van der Waals surface area contributed by atoms with Crippen molar-refractivity contribution < 1.29 is 18.3 Å². The average Bonchev–Trinajstić information content (AvgIpc) is 2.73. The predicted molar refractivity (Wildman–Crippen MR) is 66.8 cm³/mol. The summed E-state index contributed by atoms with van der Waals surface area (Å²) in [5.41, 5.74) is -1.19. The van der Waals surface area contributed by atoms with Crippen LogP contribution in [0.25, 0.3) is 11.4 Å². The summed E-state index contributed by atoms with van der Waals surface area (Å²) in [4.78, 5) is 4.02. The Bertz CT molecular complexity index is 582. The van der Waals surface area contributed by atoms with Gasteiger partial charge in [0.15, 0.2) is 5.82 Å². The number of nitrogens with zero attached hydrogens (tertiary/aromatic N) is 3. The van der Waals surface area contributed by atoms with Crippen molar-refractivity contribution in [2.75, 3.05) is 0 Å². The highest BCUT2D eigenvalue weighted by Crippen LogP contribution is 2.30. The van der Waals surface area contributed by atoms with Crippen molar-refractivity contribution in [3.05, 3.63) is 36.2 Å². The van der Waals surface area contributed by atoms with Gasteiger partial charge >= 0.3 is 6.18 Å². The summed E-state index contributed by atoms with van der Waals surface area (Å²) >= 11 is 0. The molecule has 0 saturated heterocycles. The first kappa shape index (κ1) is 14.5. The Morgan fingerprint density at radius 1 is 1.15 bits per heavy atom. The monoisotopic (exact) mass is 285 g/mol. The van der Waals surface area contributed by atoms with Crippen molar-refractivity contribution in [1.29, 1.82) is 0 Å². The molecular weight excluding hydrogens is 271 g/mol. The number of aromatic nitrogens is 3. The molecule has 1 heterocycles. The van der Waals surface area contributed by atoms with Crippen molar-refractivity contribution in [2.45, 2.75) is 32.2 Å². The Balaban J connectivity index is 2.31. The number of rotatable bonds is 3. The summed E-state index contributed by atoms with van der Waals surface area (Å²) in [5, 5.41) is 13.7. The lowest BCUT2D eigenvalue weighted by Gasteiger charge is -2.18. The van der Waals surface area contributed by atoms with Crippen LogP contribution in [0.3, 0.4) is 0 Å². The highest BCUT2D eigenvalue weighted by atomic mass is 19.4. The molecule has 0 aliphatic carbocycles. The van der Waals surface area contributed by atoms with E-state index in [2.05, 4.69) is 10.1 Å². The van der Waals surface area contributed by atoms with Gasteiger partial charge in [0.1, 0.15) is 6.33 Å². The van der Waals surface area contributed by atoms with Gasteiger partial charge in [-0.1, -0.05) is 12.1 Å². The van der Waals surface area contributed by atoms with E-state index in [9.17, 15) is 18.3 Å². The van der Waals surface area contributed by atoms with E-state index >= 15 is 0 Å². The van der Waals surface area contributed by atoms with E-state index in [1.807, 2.05) is 0 Å². The molecule has 0 aliphatic rings. The number of alkyl halides is 3. The molecule has 0 fully saturated rings. The van der Waals surface area contributed by atoms with Crippen molar-refractivity contribution >= 4 is 0 Å². The molecule has 0 amide bonds. The molecule has 0 unspecified atom stereocenters. The smallest absolute Gasteiger partial charge is 0.389 e. The van der Waals surface area contributed by atoms with Crippen molar-refractivity contribution in [1.82, 2.24) is 14.8 Å². The Morgan fingerprint density at radius 3 is 2.25 bits per heavy atom. The van der Waals surface area contributed by atoms with Crippen molar-refractivity contribution in [2.24, 2.45) is 0 Å². The summed E-state index contributed by atoms with van der Waals surface area (Å²) in [7, 11) is 0. The van der Waals surface area contributed by atoms with Crippen LogP contribution in [0.4, 0.5) is 13.2 Å². The maximum Gasteiger partial charge on any atom is 0.416 e. The lowest BCUT2D eigenvalue weighted by atomic mass is 10.1. The summed E-state index contributed by atoms with van der Waals surface area (Å²) < 4.78 is 39.0. The first-order chi connectivity index (χ1) is 9.17. The number of hydrogen-bond donors (Lipinski definition) is 1. The molecule has 0 aliphatic heterocycles. The van der Waals surface area contributed by atoms with E-state index in [1.54, 1.807) is 13.8 Å². The third-order valence-electron chi connectivity index (χ3n) is 2.62. The van der Waals surface area contributed by atoms with Crippen LogP contribution in [0.15, 0.2) is 30.6 Å². The molecule has 0 radical (unpaired) electrons. The number of benzene rings is 1. The topological polar surface area (TPSA) is 50.9 Å². The Labute approximate surface area is 113 Å². The molecule has 2 aromatic rings. The third kappa shape index (κ3) is 3.36. The second-order valence-electron chi connectivity index (χ2n) is 5.13. The normalized spacial score (nSPS) is 12.7. The molecular formula is C13H14F3N3O. The minimum Gasteiger partial charge on any atom is -0.389 e. The highest BCUT2D eigenvalue weighted by Gasteiger charge is 2.30. The number of hydrogen-bond acceptors (Lipinski definition) is 3. The van der Waals surface area contributed by atoms with E-state index in [1.165, 1.54) is 23.1 Å². The van der Waals surface area contributed by atoms with Gasteiger partial charge in [0.2, 0.25) is 0 Å². The van der Waals surface area contributed by atoms with Gasteiger partial charge in [-0.15, -0.1) is 0 Å². The largest absolute Gasteiger partial charge is 0.416 e. The molecule has 0 atom stereocenters. The van der Waals surface area contributed by atoms with Crippen LogP contribution in [0.1, 0.15) is 19.4 Å². The Morgan fingerprint density at radius 2 is 1.75 bits per heavy atom. The molecule has 20 heavy (non-hydrogen) atoms. The molecule has 0 saturated carbocycles. The molecule has 108 valence electrons. The predicted octanol–water partition coefficient (Wildman–Crippen LogP) is 2.73. The van der Waals surface area contributed by atoms with Crippen LogP contribution < -0.4 is 0 Å². The van der Waals surface area contributed by atoms with Gasteiger partial charge in [0.25, 0.3) is 0 Å². The fourth-order valence-electron chi connectivity index (χ4n) is 1.78. The van der Waals surface area contributed by atoms with Gasteiger partial charge in [0.05, 0.1) is 17.7 Å². The summed E-state index contributed by atoms with van der Waals surface area (Å²) in [6, 6.07) is 4.68. The van der Waals surface area contributed by atoms with Gasteiger partial charge in [-0.05, 0) is 26.0 Å². The van der Waals surface area contributed by atoms with E-state index < -0.39 is 17.3 Å². The number of halogens is 3. The van der Waals surface area contributed by atoms with Crippen LogP contribution in [0.2, 0.25) is 0 Å². The van der Waals surface area contributed by atoms with Gasteiger partial charge in [-0.25, -0.2) is 9.67 Å². The zero-order chi connectivity index (χ0) is 15.0. The fourth-order valence-corrected chi connectivity index (χ4v) is 1.78. The fraction of sp³-hybridized carbons (Fsp3) is 0.385.